The van der Waals surface area contributed by atoms with Crippen molar-refractivity contribution < 1.29 is 19.1 Å². The predicted octanol–water partition coefficient (Wildman–Crippen LogP) is 4.34. The van der Waals surface area contributed by atoms with Crippen molar-refractivity contribution in [3.05, 3.63) is 82.8 Å². The molecule has 0 radical (unpaired) electrons. The number of amides is 2. The summed E-state index contributed by atoms with van der Waals surface area (Å²) in [7, 11) is 0. The molecule has 0 atom stereocenters. The van der Waals surface area contributed by atoms with Crippen LogP contribution in [-0.2, 0) is 0 Å². The molecule has 1 saturated heterocycles. The Balaban J connectivity index is 1.43. The van der Waals surface area contributed by atoms with Gasteiger partial charge in [-0.3, -0.25) is 9.59 Å². The fourth-order valence-corrected chi connectivity index (χ4v) is 3.70. The maximum absolute atomic E-state index is 13.9. The van der Waals surface area contributed by atoms with Crippen molar-refractivity contribution in [3.63, 3.8) is 0 Å². The summed E-state index contributed by atoms with van der Waals surface area (Å²) in [5.41, 5.74) is 0.894. The van der Waals surface area contributed by atoms with Crippen molar-refractivity contribution in [3.8, 4) is 0 Å². The molecule has 0 spiro atoms. The van der Waals surface area contributed by atoms with Crippen LogP contribution < -0.4 is 15.5 Å². The van der Waals surface area contributed by atoms with Crippen molar-refractivity contribution in [2.75, 3.05) is 28.6 Å². The number of aliphatic hydroxyl groups excluding tert-OH is 1. The number of hydrogen-bond donors (Lipinski definition) is 3. The molecule has 33 heavy (non-hydrogen) atoms. The van der Waals surface area contributed by atoms with E-state index in [1.165, 1.54) is 36.5 Å². The molecule has 0 saturated carbocycles. The Morgan fingerprint density at radius 2 is 1.79 bits per heavy atom. The maximum Gasteiger partial charge on any atom is 0.258 e. The minimum Gasteiger partial charge on any atom is -0.393 e. The smallest absolute Gasteiger partial charge is 0.258 e. The Morgan fingerprint density at radius 3 is 2.48 bits per heavy atom. The van der Waals surface area contributed by atoms with Crippen LogP contribution in [0.15, 0.2) is 60.8 Å². The number of hydrogen-bond acceptors (Lipinski definition) is 5. The average molecular weight is 469 g/mol. The summed E-state index contributed by atoms with van der Waals surface area (Å²) in [4.78, 5) is 31.5. The zero-order chi connectivity index (χ0) is 23.4. The highest BCUT2D eigenvalue weighted by atomic mass is 35.5. The molecule has 0 unspecified atom stereocenters. The Bertz CT molecular complexity index is 1160. The van der Waals surface area contributed by atoms with E-state index in [0.717, 1.165) is 5.82 Å². The van der Waals surface area contributed by atoms with Gasteiger partial charge in [0.1, 0.15) is 11.6 Å². The number of aliphatic hydroxyl groups is 1. The molecule has 1 aromatic heterocycles. The second-order valence-electron chi connectivity index (χ2n) is 7.71. The van der Waals surface area contributed by atoms with Gasteiger partial charge < -0.3 is 20.6 Å². The largest absolute Gasteiger partial charge is 0.393 e. The Morgan fingerprint density at radius 1 is 1.03 bits per heavy atom. The lowest BCUT2D eigenvalue weighted by Crippen LogP contribution is -2.36. The third kappa shape index (κ3) is 5.47. The molecule has 170 valence electrons. The molecule has 3 N–H and O–H groups in total. The van der Waals surface area contributed by atoms with Gasteiger partial charge >= 0.3 is 0 Å². The Hall–Kier alpha value is -3.49. The number of carbonyl (C=O) groups is 2. The SMILES string of the molecule is O=C(Nc1ccc(Cl)c(NC(=O)c2ccccc2F)c1)c1ccc(N2CCC(O)CC2)nc1. The van der Waals surface area contributed by atoms with Gasteiger partial charge in [-0.2, -0.15) is 0 Å². The van der Waals surface area contributed by atoms with Crippen LogP contribution in [0.5, 0.6) is 0 Å². The van der Waals surface area contributed by atoms with Gasteiger partial charge in [-0.1, -0.05) is 23.7 Å². The van der Waals surface area contributed by atoms with Gasteiger partial charge in [0.15, 0.2) is 0 Å². The van der Waals surface area contributed by atoms with Gasteiger partial charge in [0.05, 0.1) is 27.9 Å². The Labute approximate surface area is 195 Å². The molecule has 3 aromatic rings. The average Bonchev–Trinajstić information content (AvgIpc) is 2.82. The second-order valence-corrected chi connectivity index (χ2v) is 8.11. The number of rotatable bonds is 5. The fraction of sp³-hybridized carbons (Fsp3) is 0.208. The summed E-state index contributed by atoms with van der Waals surface area (Å²) in [6.07, 6.45) is 2.60. The lowest BCUT2D eigenvalue weighted by atomic mass is 10.1. The number of nitrogens with zero attached hydrogens (tertiary/aromatic N) is 2. The topological polar surface area (TPSA) is 94.6 Å². The highest BCUT2D eigenvalue weighted by Gasteiger charge is 2.19. The first kappa shape index (κ1) is 22.7. The number of aromatic nitrogens is 1. The molecule has 2 heterocycles. The van der Waals surface area contributed by atoms with E-state index >= 15 is 0 Å². The summed E-state index contributed by atoms with van der Waals surface area (Å²) in [5.74, 6) is -0.921. The summed E-state index contributed by atoms with van der Waals surface area (Å²) < 4.78 is 13.9. The van der Waals surface area contributed by atoms with E-state index in [0.29, 0.717) is 37.2 Å². The van der Waals surface area contributed by atoms with Gasteiger partial charge in [-0.25, -0.2) is 9.37 Å². The molecule has 2 aromatic carbocycles. The van der Waals surface area contributed by atoms with Crippen LogP contribution in [0.2, 0.25) is 5.02 Å². The first-order valence-electron chi connectivity index (χ1n) is 10.5. The van der Waals surface area contributed by atoms with Gasteiger partial charge in [0, 0.05) is 25.0 Å². The minimum absolute atomic E-state index is 0.114. The molecule has 9 heteroatoms. The molecule has 7 nitrogen and oxygen atoms in total. The fourth-order valence-electron chi connectivity index (χ4n) is 3.54. The summed E-state index contributed by atoms with van der Waals surface area (Å²) >= 11 is 6.17. The quantitative estimate of drug-likeness (QED) is 0.518. The van der Waals surface area contributed by atoms with Crippen molar-refractivity contribution in [2.24, 2.45) is 0 Å². The number of pyridine rings is 1. The molecule has 1 aliphatic heterocycles. The van der Waals surface area contributed by atoms with Gasteiger partial charge in [0.25, 0.3) is 11.8 Å². The number of benzene rings is 2. The highest BCUT2D eigenvalue weighted by molar-refractivity contribution is 6.34. The summed E-state index contributed by atoms with van der Waals surface area (Å²) in [6.45, 7) is 1.43. The second kappa shape index (κ2) is 9.97. The number of carbonyl (C=O) groups excluding carboxylic acids is 2. The highest BCUT2D eigenvalue weighted by Crippen LogP contribution is 2.27. The van der Waals surface area contributed by atoms with E-state index in [1.54, 1.807) is 24.3 Å². The van der Waals surface area contributed by atoms with Crippen LogP contribution >= 0.6 is 11.6 Å². The number of nitrogens with one attached hydrogen (secondary N) is 2. The lowest BCUT2D eigenvalue weighted by Gasteiger charge is -2.30. The van der Waals surface area contributed by atoms with Crippen LogP contribution in [0, 0.1) is 5.82 Å². The van der Waals surface area contributed by atoms with Gasteiger partial charge in [0.2, 0.25) is 0 Å². The van der Waals surface area contributed by atoms with Crippen LogP contribution in [0.1, 0.15) is 33.6 Å². The molecule has 4 rings (SSSR count). The van der Waals surface area contributed by atoms with Crippen molar-refractivity contribution in [1.82, 2.24) is 4.98 Å². The first-order chi connectivity index (χ1) is 15.9. The van der Waals surface area contributed by atoms with Crippen LogP contribution in [0.4, 0.5) is 21.6 Å². The summed E-state index contributed by atoms with van der Waals surface area (Å²) in [5, 5.41) is 15.2. The van der Waals surface area contributed by atoms with E-state index in [2.05, 4.69) is 20.5 Å². The zero-order valence-electron chi connectivity index (χ0n) is 17.6. The summed E-state index contributed by atoms with van der Waals surface area (Å²) in [6, 6.07) is 13.7. The van der Waals surface area contributed by atoms with Crippen molar-refractivity contribution in [2.45, 2.75) is 18.9 Å². The molecule has 1 aliphatic rings. The number of anilines is 3. The van der Waals surface area contributed by atoms with E-state index in [9.17, 15) is 19.1 Å². The zero-order valence-corrected chi connectivity index (χ0v) is 18.3. The first-order valence-corrected chi connectivity index (χ1v) is 10.8. The molecular weight excluding hydrogens is 447 g/mol. The van der Waals surface area contributed by atoms with Crippen LogP contribution in [0.3, 0.4) is 0 Å². The van der Waals surface area contributed by atoms with Crippen LogP contribution in [0.25, 0.3) is 0 Å². The van der Waals surface area contributed by atoms with Gasteiger partial charge in [-0.15, -0.1) is 0 Å². The molecular formula is C24H22ClFN4O3. The van der Waals surface area contributed by atoms with E-state index in [4.69, 9.17) is 11.6 Å². The monoisotopic (exact) mass is 468 g/mol. The molecule has 1 fully saturated rings. The third-order valence-electron chi connectivity index (χ3n) is 5.39. The Kier molecular flexibility index (Phi) is 6.86. The number of halogens is 2. The normalized spacial score (nSPS) is 14.1. The lowest BCUT2D eigenvalue weighted by molar-refractivity contribution is 0.101. The van der Waals surface area contributed by atoms with E-state index < -0.39 is 11.7 Å². The molecule has 0 aliphatic carbocycles. The third-order valence-corrected chi connectivity index (χ3v) is 5.72. The van der Waals surface area contributed by atoms with E-state index in [-0.39, 0.29) is 28.3 Å². The van der Waals surface area contributed by atoms with E-state index in [1.807, 2.05) is 0 Å². The molecule has 2 amide bonds. The standard InChI is InChI=1S/C24H22ClFN4O3/c25-19-7-6-16(13-21(19)29-24(33)18-3-1-2-4-20(18)26)28-23(32)15-5-8-22(27-14-15)30-11-9-17(31)10-12-30/h1-8,13-14,17,31H,9-12H2,(H,28,32)(H,29,33). The van der Waals surface area contributed by atoms with Crippen molar-refractivity contribution in [1.29, 1.82) is 0 Å². The van der Waals surface area contributed by atoms with Crippen LogP contribution in [-0.4, -0.2) is 41.1 Å². The van der Waals surface area contributed by atoms with Gasteiger partial charge in [-0.05, 0) is 55.3 Å². The maximum atomic E-state index is 13.9. The van der Waals surface area contributed by atoms with Crippen molar-refractivity contribution >= 4 is 40.6 Å². The predicted molar refractivity (Wildman–Crippen MR) is 125 cm³/mol. The number of piperidine rings is 1. The minimum atomic E-state index is -0.650. The molecule has 0 bridgehead atoms.